The molecule has 0 amide bonds. The molecule has 0 saturated heterocycles. The molecule has 37 heavy (non-hydrogen) atoms. The Kier molecular flexibility index (Phi) is 7.43. The fourth-order valence-corrected chi connectivity index (χ4v) is 4.80. The van der Waals surface area contributed by atoms with Crippen LogP contribution in [-0.2, 0) is 0 Å². The number of ether oxygens (including phenoxy) is 2. The first kappa shape index (κ1) is 24.5. The highest BCUT2D eigenvalue weighted by atomic mass is 79.9. The van der Waals surface area contributed by atoms with Gasteiger partial charge >= 0.3 is 0 Å². The first-order valence-electron chi connectivity index (χ1n) is 12.0. The summed E-state index contributed by atoms with van der Waals surface area (Å²) in [6.45, 7) is 0. The zero-order valence-corrected chi connectivity index (χ0v) is 22.3. The molecule has 0 radical (unpaired) electrons. The summed E-state index contributed by atoms with van der Waals surface area (Å²) >= 11 is 3.79. The molecule has 0 saturated carbocycles. The molecule has 5 rings (SSSR count). The summed E-state index contributed by atoms with van der Waals surface area (Å²) in [5.74, 6) is 1.63. The first-order valence-corrected chi connectivity index (χ1v) is 12.7. The number of halogens is 1. The second-order valence-corrected chi connectivity index (χ2v) is 9.32. The minimum atomic E-state index is 0.813. The Morgan fingerprint density at radius 2 is 0.784 bits per heavy atom. The average Bonchev–Trinajstić information content (AvgIpc) is 2.95. The van der Waals surface area contributed by atoms with Gasteiger partial charge in [-0.3, -0.25) is 0 Å². The van der Waals surface area contributed by atoms with E-state index in [0.717, 1.165) is 50.1 Å². The Bertz CT molecular complexity index is 1350. The number of benzene rings is 5. The molecule has 5 aromatic rings. The molecule has 5 heteroatoms. The molecular weight excluding hydrogens is 524 g/mol. The third-order valence-corrected chi connectivity index (χ3v) is 6.53. The molecule has 0 aliphatic rings. The van der Waals surface area contributed by atoms with Crippen LogP contribution < -0.4 is 19.3 Å². The Balaban J connectivity index is 1.67. The van der Waals surface area contributed by atoms with E-state index >= 15 is 0 Å². The van der Waals surface area contributed by atoms with E-state index in [-0.39, 0.29) is 0 Å². The van der Waals surface area contributed by atoms with Crippen molar-refractivity contribution in [3.63, 3.8) is 0 Å². The standard InChI is InChI=1S/C32H27BrN2O2/c1-36-31-17-13-27(14-18-31)35(28-15-19-32(37-2)20-16-28)30-22-24(33)21-29(23-30)34(25-9-5-3-6-10-25)26-11-7-4-8-12-26/h3-23H,1-2H3. The topological polar surface area (TPSA) is 24.9 Å². The third-order valence-electron chi connectivity index (χ3n) is 6.07. The van der Waals surface area contributed by atoms with Gasteiger partial charge in [-0.25, -0.2) is 0 Å². The second-order valence-electron chi connectivity index (χ2n) is 8.41. The van der Waals surface area contributed by atoms with Gasteiger partial charge in [0.05, 0.1) is 14.2 Å². The molecule has 184 valence electrons. The van der Waals surface area contributed by atoms with Gasteiger partial charge in [-0.15, -0.1) is 0 Å². The number of anilines is 6. The zero-order chi connectivity index (χ0) is 25.6. The van der Waals surface area contributed by atoms with E-state index in [9.17, 15) is 0 Å². The number of hydrogen-bond donors (Lipinski definition) is 0. The minimum Gasteiger partial charge on any atom is -0.497 e. The Morgan fingerprint density at radius 1 is 0.432 bits per heavy atom. The van der Waals surface area contributed by atoms with Crippen molar-refractivity contribution in [3.05, 3.63) is 132 Å². The lowest BCUT2D eigenvalue weighted by molar-refractivity contribution is 0.415. The van der Waals surface area contributed by atoms with Crippen LogP contribution in [-0.4, -0.2) is 14.2 Å². The van der Waals surface area contributed by atoms with Gasteiger partial charge < -0.3 is 19.3 Å². The maximum Gasteiger partial charge on any atom is 0.119 e. The van der Waals surface area contributed by atoms with E-state index in [1.807, 2.05) is 36.4 Å². The highest BCUT2D eigenvalue weighted by Crippen LogP contribution is 2.42. The number of hydrogen-bond acceptors (Lipinski definition) is 4. The Morgan fingerprint density at radius 3 is 1.14 bits per heavy atom. The molecule has 0 unspecified atom stereocenters. The van der Waals surface area contributed by atoms with Crippen molar-refractivity contribution in [2.45, 2.75) is 0 Å². The van der Waals surface area contributed by atoms with E-state index in [4.69, 9.17) is 9.47 Å². The van der Waals surface area contributed by atoms with Gasteiger partial charge in [-0.05, 0) is 91.0 Å². The largest absolute Gasteiger partial charge is 0.497 e. The number of rotatable bonds is 8. The quantitative estimate of drug-likeness (QED) is 0.192. The predicted octanol–water partition coefficient (Wildman–Crippen LogP) is 9.41. The van der Waals surface area contributed by atoms with Crippen molar-refractivity contribution >= 4 is 50.1 Å². The molecule has 0 heterocycles. The lowest BCUT2D eigenvalue weighted by atomic mass is 10.1. The van der Waals surface area contributed by atoms with Gasteiger partial charge in [0.25, 0.3) is 0 Å². The molecule has 4 nitrogen and oxygen atoms in total. The monoisotopic (exact) mass is 550 g/mol. The number of para-hydroxylation sites is 2. The SMILES string of the molecule is COc1ccc(N(c2ccc(OC)cc2)c2cc(Br)cc(N(c3ccccc3)c3ccccc3)c2)cc1. The molecular formula is C32H27BrN2O2. The lowest BCUT2D eigenvalue weighted by Crippen LogP contribution is -2.13. The maximum atomic E-state index is 5.41. The molecule has 0 atom stereocenters. The summed E-state index contributed by atoms with van der Waals surface area (Å²) in [7, 11) is 3.36. The summed E-state index contributed by atoms with van der Waals surface area (Å²) in [6.07, 6.45) is 0. The Hall–Kier alpha value is -4.22. The maximum absolute atomic E-state index is 5.41. The molecule has 0 aliphatic carbocycles. The minimum absolute atomic E-state index is 0.813. The van der Waals surface area contributed by atoms with E-state index in [1.54, 1.807) is 14.2 Å². The predicted molar refractivity (Wildman–Crippen MR) is 157 cm³/mol. The smallest absolute Gasteiger partial charge is 0.119 e. The fourth-order valence-electron chi connectivity index (χ4n) is 4.33. The van der Waals surface area contributed by atoms with Crippen molar-refractivity contribution < 1.29 is 9.47 Å². The van der Waals surface area contributed by atoms with Crippen LogP contribution in [0.3, 0.4) is 0 Å². The van der Waals surface area contributed by atoms with Gasteiger partial charge in [-0.1, -0.05) is 52.3 Å². The van der Waals surface area contributed by atoms with Crippen LogP contribution >= 0.6 is 15.9 Å². The van der Waals surface area contributed by atoms with Crippen LogP contribution in [0.5, 0.6) is 11.5 Å². The highest BCUT2D eigenvalue weighted by Gasteiger charge is 2.18. The van der Waals surface area contributed by atoms with E-state index in [1.165, 1.54) is 0 Å². The van der Waals surface area contributed by atoms with Gasteiger partial charge in [-0.2, -0.15) is 0 Å². The molecule has 0 aliphatic heterocycles. The molecule has 0 fully saturated rings. The summed E-state index contributed by atoms with van der Waals surface area (Å²) in [5.41, 5.74) is 6.24. The van der Waals surface area contributed by atoms with Crippen molar-refractivity contribution in [1.29, 1.82) is 0 Å². The van der Waals surface area contributed by atoms with Crippen molar-refractivity contribution in [3.8, 4) is 11.5 Å². The fraction of sp³-hybridized carbons (Fsp3) is 0.0625. The lowest BCUT2D eigenvalue weighted by Gasteiger charge is -2.30. The first-order chi connectivity index (χ1) is 18.2. The summed E-state index contributed by atoms with van der Waals surface area (Å²) in [6, 6.07) is 43.5. The van der Waals surface area contributed by atoms with Gasteiger partial charge in [0.15, 0.2) is 0 Å². The molecule has 0 N–H and O–H groups in total. The normalized spacial score (nSPS) is 10.6. The van der Waals surface area contributed by atoms with Gasteiger partial charge in [0, 0.05) is 38.6 Å². The average molecular weight is 551 g/mol. The second kappa shape index (κ2) is 11.2. The highest BCUT2D eigenvalue weighted by molar-refractivity contribution is 9.10. The van der Waals surface area contributed by atoms with E-state index in [0.29, 0.717) is 0 Å². The molecule has 5 aromatic carbocycles. The van der Waals surface area contributed by atoms with Crippen LogP contribution in [0.15, 0.2) is 132 Å². The zero-order valence-electron chi connectivity index (χ0n) is 20.7. The van der Waals surface area contributed by atoms with Crippen LogP contribution in [0.4, 0.5) is 34.1 Å². The third kappa shape index (κ3) is 5.47. The van der Waals surface area contributed by atoms with Crippen LogP contribution in [0.25, 0.3) is 0 Å². The molecule has 0 bridgehead atoms. The Labute approximate surface area is 226 Å². The molecule has 0 aromatic heterocycles. The van der Waals surface area contributed by atoms with Crippen LogP contribution in [0.2, 0.25) is 0 Å². The van der Waals surface area contributed by atoms with E-state index < -0.39 is 0 Å². The van der Waals surface area contributed by atoms with Gasteiger partial charge in [0.1, 0.15) is 11.5 Å². The van der Waals surface area contributed by atoms with Crippen LogP contribution in [0.1, 0.15) is 0 Å². The van der Waals surface area contributed by atoms with Gasteiger partial charge in [0.2, 0.25) is 0 Å². The summed E-state index contributed by atoms with van der Waals surface area (Å²) < 4.78 is 11.8. The number of methoxy groups -OCH3 is 2. The van der Waals surface area contributed by atoms with Crippen LogP contribution in [0, 0.1) is 0 Å². The van der Waals surface area contributed by atoms with Crippen molar-refractivity contribution in [1.82, 2.24) is 0 Å². The van der Waals surface area contributed by atoms with Crippen molar-refractivity contribution in [2.24, 2.45) is 0 Å². The number of nitrogens with zero attached hydrogens (tertiary/aromatic N) is 2. The summed E-state index contributed by atoms with van der Waals surface area (Å²) in [4.78, 5) is 4.48. The van der Waals surface area contributed by atoms with E-state index in [2.05, 4.69) is 117 Å². The van der Waals surface area contributed by atoms with Crippen molar-refractivity contribution in [2.75, 3.05) is 24.0 Å². The molecule has 0 spiro atoms. The summed E-state index contributed by atoms with van der Waals surface area (Å²) in [5, 5.41) is 0.